The van der Waals surface area contributed by atoms with Crippen LogP contribution in [0.15, 0.2) is 53.4 Å². The predicted octanol–water partition coefficient (Wildman–Crippen LogP) is 4.41. The molecule has 3 rings (SSSR count). The summed E-state index contributed by atoms with van der Waals surface area (Å²) in [5.41, 5.74) is 2.00. The largest absolute Gasteiger partial charge is 0.336 e. The van der Waals surface area contributed by atoms with Crippen LogP contribution in [0.3, 0.4) is 0 Å². The number of piperazine rings is 1. The summed E-state index contributed by atoms with van der Waals surface area (Å²) in [7, 11) is 0. The van der Waals surface area contributed by atoms with E-state index >= 15 is 0 Å². The Hall–Kier alpha value is -1.49. The van der Waals surface area contributed by atoms with Crippen molar-refractivity contribution in [3.05, 3.63) is 64.7 Å². The van der Waals surface area contributed by atoms with Gasteiger partial charge in [0.15, 0.2) is 0 Å². The number of amides is 1. The Morgan fingerprint density at radius 1 is 1.00 bits per heavy atom. The first-order valence-corrected chi connectivity index (χ1v) is 10.0. The van der Waals surface area contributed by atoms with Gasteiger partial charge in [-0.1, -0.05) is 30.7 Å². The summed E-state index contributed by atoms with van der Waals surface area (Å²) in [4.78, 5) is 18.1. The van der Waals surface area contributed by atoms with Crippen LogP contribution in [0, 0.1) is 0 Å². The number of rotatable bonds is 5. The molecule has 0 atom stereocenters. The molecule has 5 heteroatoms. The number of benzene rings is 2. The summed E-state index contributed by atoms with van der Waals surface area (Å²) in [6, 6.07) is 15.9. The van der Waals surface area contributed by atoms with Crippen LogP contribution in [-0.2, 0) is 5.75 Å². The number of hydrogen-bond acceptors (Lipinski definition) is 3. The smallest absolute Gasteiger partial charge is 0.253 e. The lowest BCUT2D eigenvalue weighted by Gasteiger charge is -2.34. The van der Waals surface area contributed by atoms with Crippen LogP contribution in [0.25, 0.3) is 0 Å². The minimum atomic E-state index is 0.146. The number of thioether (sulfide) groups is 1. The molecule has 0 saturated carbocycles. The van der Waals surface area contributed by atoms with Gasteiger partial charge in [0.2, 0.25) is 0 Å². The van der Waals surface area contributed by atoms with E-state index in [1.165, 1.54) is 10.5 Å². The van der Waals surface area contributed by atoms with E-state index in [0.717, 1.165) is 49.1 Å². The van der Waals surface area contributed by atoms with Gasteiger partial charge < -0.3 is 9.80 Å². The molecule has 1 aliphatic rings. The van der Waals surface area contributed by atoms with Gasteiger partial charge in [0.05, 0.1) is 0 Å². The van der Waals surface area contributed by atoms with E-state index in [4.69, 9.17) is 11.6 Å². The number of likely N-dealkylation sites (N-methyl/N-ethyl adjacent to an activating group) is 1. The molecular formula is C20H23ClN2OS. The van der Waals surface area contributed by atoms with E-state index in [9.17, 15) is 4.79 Å². The fourth-order valence-electron chi connectivity index (χ4n) is 2.89. The van der Waals surface area contributed by atoms with Crippen molar-refractivity contribution in [2.24, 2.45) is 0 Å². The Balaban J connectivity index is 1.54. The highest BCUT2D eigenvalue weighted by Crippen LogP contribution is 2.24. The van der Waals surface area contributed by atoms with Crippen molar-refractivity contribution < 1.29 is 4.79 Å². The SMILES string of the molecule is CCN1CCN(C(=O)c2ccc(CSc3ccc(Cl)cc3)cc2)CC1. The van der Waals surface area contributed by atoms with Crippen molar-refractivity contribution in [2.45, 2.75) is 17.6 Å². The van der Waals surface area contributed by atoms with Crippen molar-refractivity contribution in [3.63, 3.8) is 0 Å². The van der Waals surface area contributed by atoms with Gasteiger partial charge in [-0.05, 0) is 48.5 Å². The maximum Gasteiger partial charge on any atom is 0.253 e. The van der Waals surface area contributed by atoms with Gasteiger partial charge in [-0.15, -0.1) is 11.8 Å². The van der Waals surface area contributed by atoms with Gasteiger partial charge in [0, 0.05) is 47.4 Å². The lowest BCUT2D eigenvalue weighted by molar-refractivity contribution is 0.0643. The summed E-state index contributed by atoms with van der Waals surface area (Å²) in [5.74, 6) is 1.03. The third kappa shape index (κ3) is 5.00. The van der Waals surface area contributed by atoms with Gasteiger partial charge in [0.1, 0.15) is 0 Å². The summed E-state index contributed by atoms with van der Waals surface area (Å²) >= 11 is 7.68. The molecule has 2 aromatic carbocycles. The maximum atomic E-state index is 12.6. The van der Waals surface area contributed by atoms with Crippen LogP contribution in [-0.4, -0.2) is 48.4 Å². The highest BCUT2D eigenvalue weighted by molar-refractivity contribution is 7.98. The average Bonchev–Trinajstić information content (AvgIpc) is 2.67. The van der Waals surface area contributed by atoms with Crippen LogP contribution in [0.1, 0.15) is 22.8 Å². The molecular weight excluding hydrogens is 352 g/mol. The van der Waals surface area contributed by atoms with Gasteiger partial charge in [-0.25, -0.2) is 0 Å². The van der Waals surface area contributed by atoms with Gasteiger partial charge >= 0.3 is 0 Å². The van der Waals surface area contributed by atoms with E-state index in [1.807, 2.05) is 41.3 Å². The highest BCUT2D eigenvalue weighted by atomic mass is 35.5. The topological polar surface area (TPSA) is 23.6 Å². The lowest BCUT2D eigenvalue weighted by atomic mass is 10.1. The zero-order valence-corrected chi connectivity index (χ0v) is 16.0. The molecule has 0 aliphatic carbocycles. The molecule has 1 saturated heterocycles. The Bertz CT molecular complexity index is 695. The molecule has 0 aromatic heterocycles. The highest BCUT2D eigenvalue weighted by Gasteiger charge is 2.21. The molecule has 3 nitrogen and oxygen atoms in total. The fraction of sp³-hybridized carbons (Fsp3) is 0.350. The van der Waals surface area contributed by atoms with E-state index < -0.39 is 0 Å². The summed E-state index contributed by atoms with van der Waals surface area (Å²) in [6.07, 6.45) is 0. The van der Waals surface area contributed by atoms with E-state index in [-0.39, 0.29) is 5.91 Å². The second kappa shape index (κ2) is 8.75. The Labute approximate surface area is 159 Å². The van der Waals surface area contributed by atoms with E-state index in [1.54, 1.807) is 11.8 Å². The zero-order valence-electron chi connectivity index (χ0n) is 14.5. The first-order chi connectivity index (χ1) is 12.2. The van der Waals surface area contributed by atoms with Crippen LogP contribution >= 0.6 is 23.4 Å². The molecule has 1 heterocycles. The molecule has 0 radical (unpaired) electrons. The summed E-state index contributed by atoms with van der Waals surface area (Å²) in [5, 5.41) is 0.756. The fourth-order valence-corrected chi connectivity index (χ4v) is 3.87. The Morgan fingerprint density at radius 3 is 2.24 bits per heavy atom. The minimum Gasteiger partial charge on any atom is -0.336 e. The molecule has 1 amide bonds. The second-order valence-corrected chi connectivity index (χ2v) is 7.65. The average molecular weight is 375 g/mol. The van der Waals surface area contributed by atoms with Crippen molar-refractivity contribution in [1.82, 2.24) is 9.80 Å². The van der Waals surface area contributed by atoms with Crippen LogP contribution in [0.2, 0.25) is 5.02 Å². The monoisotopic (exact) mass is 374 g/mol. The van der Waals surface area contributed by atoms with Gasteiger partial charge in [0.25, 0.3) is 5.91 Å². The molecule has 2 aromatic rings. The Kier molecular flexibility index (Phi) is 6.40. The van der Waals surface area contributed by atoms with Crippen molar-refractivity contribution in [1.29, 1.82) is 0 Å². The summed E-state index contributed by atoms with van der Waals surface area (Å²) in [6.45, 7) is 6.80. The molecule has 132 valence electrons. The third-order valence-corrected chi connectivity index (χ3v) is 5.86. The van der Waals surface area contributed by atoms with Gasteiger partial charge in [-0.3, -0.25) is 4.79 Å². The predicted molar refractivity (Wildman–Crippen MR) is 105 cm³/mol. The van der Waals surface area contributed by atoms with Gasteiger partial charge in [-0.2, -0.15) is 0 Å². The lowest BCUT2D eigenvalue weighted by Crippen LogP contribution is -2.48. The molecule has 0 bridgehead atoms. The first kappa shape index (κ1) is 18.3. The van der Waals surface area contributed by atoms with Crippen LogP contribution < -0.4 is 0 Å². The molecule has 0 N–H and O–H groups in total. The summed E-state index contributed by atoms with van der Waals surface area (Å²) < 4.78 is 0. The quantitative estimate of drug-likeness (QED) is 0.724. The van der Waals surface area contributed by atoms with Crippen molar-refractivity contribution >= 4 is 29.3 Å². The Morgan fingerprint density at radius 2 is 1.64 bits per heavy atom. The molecule has 25 heavy (non-hydrogen) atoms. The molecule has 1 aliphatic heterocycles. The number of halogens is 1. The van der Waals surface area contributed by atoms with E-state index in [2.05, 4.69) is 24.0 Å². The standard InChI is InChI=1S/C20H23ClN2OS/c1-2-22-11-13-23(14-12-22)20(24)17-5-3-16(4-6-17)15-25-19-9-7-18(21)8-10-19/h3-10H,2,11-15H2,1H3. The van der Waals surface area contributed by atoms with Crippen LogP contribution in [0.5, 0.6) is 0 Å². The third-order valence-electron chi connectivity index (χ3n) is 4.53. The van der Waals surface area contributed by atoms with Crippen molar-refractivity contribution in [3.8, 4) is 0 Å². The van der Waals surface area contributed by atoms with Crippen LogP contribution in [0.4, 0.5) is 0 Å². The first-order valence-electron chi connectivity index (χ1n) is 8.64. The molecule has 0 unspecified atom stereocenters. The zero-order chi connectivity index (χ0) is 17.6. The second-order valence-electron chi connectivity index (χ2n) is 6.17. The normalized spacial score (nSPS) is 15.4. The minimum absolute atomic E-state index is 0.146. The number of hydrogen-bond donors (Lipinski definition) is 0. The number of carbonyl (C=O) groups excluding carboxylic acids is 1. The number of nitrogens with zero attached hydrogens (tertiary/aromatic N) is 2. The molecule has 0 spiro atoms. The van der Waals surface area contributed by atoms with Crippen molar-refractivity contribution in [2.75, 3.05) is 32.7 Å². The number of carbonyl (C=O) groups is 1. The maximum absolute atomic E-state index is 12.6. The van der Waals surface area contributed by atoms with E-state index in [0.29, 0.717) is 0 Å². The molecule has 1 fully saturated rings.